The second-order valence-corrected chi connectivity index (χ2v) is 6.32. The van der Waals surface area contributed by atoms with E-state index >= 15 is 0 Å². The molecular formula is C13H21N3OS. The zero-order chi connectivity index (χ0) is 12.4. The van der Waals surface area contributed by atoms with Gasteiger partial charge in [0.25, 0.3) is 0 Å². The maximum atomic E-state index is 5.96. The van der Waals surface area contributed by atoms with E-state index in [0.29, 0.717) is 12.0 Å². The van der Waals surface area contributed by atoms with Crippen LogP contribution in [0.15, 0.2) is 5.38 Å². The Hall–Kier alpha value is -0.490. The molecule has 2 atom stereocenters. The molecule has 18 heavy (non-hydrogen) atoms. The number of aromatic nitrogens is 1. The zero-order valence-electron chi connectivity index (χ0n) is 10.9. The van der Waals surface area contributed by atoms with E-state index < -0.39 is 0 Å². The fraction of sp³-hybridized carbons (Fsp3) is 0.769. The summed E-state index contributed by atoms with van der Waals surface area (Å²) in [6, 6.07) is 0. The van der Waals surface area contributed by atoms with Crippen LogP contribution in [0.3, 0.4) is 0 Å². The topological polar surface area (TPSA) is 37.4 Å². The Morgan fingerprint density at radius 2 is 2.56 bits per heavy atom. The molecule has 0 bridgehead atoms. The number of rotatable bonds is 2. The van der Waals surface area contributed by atoms with Crippen LogP contribution >= 0.6 is 11.3 Å². The van der Waals surface area contributed by atoms with Gasteiger partial charge in [-0.15, -0.1) is 11.3 Å². The van der Waals surface area contributed by atoms with Crippen molar-refractivity contribution in [2.75, 3.05) is 32.8 Å². The quantitative estimate of drug-likeness (QED) is 0.875. The van der Waals surface area contributed by atoms with Crippen LogP contribution in [-0.2, 0) is 11.3 Å². The lowest BCUT2D eigenvalue weighted by Crippen LogP contribution is -2.44. The molecule has 2 fully saturated rings. The van der Waals surface area contributed by atoms with E-state index in [1.807, 2.05) is 0 Å². The van der Waals surface area contributed by atoms with Crippen LogP contribution in [0.25, 0.3) is 0 Å². The van der Waals surface area contributed by atoms with E-state index in [-0.39, 0.29) is 0 Å². The van der Waals surface area contributed by atoms with Gasteiger partial charge >= 0.3 is 0 Å². The predicted octanol–water partition coefficient (Wildman–Crippen LogP) is 1.26. The normalized spacial score (nSPS) is 29.8. The molecule has 3 rings (SSSR count). The van der Waals surface area contributed by atoms with Crippen molar-refractivity contribution in [3.05, 3.63) is 16.1 Å². The number of fused-ring (bicyclic) bond motifs is 1. The number of hydrogen-bond donors (Lipinski definition) is 1. The number of nitrogens with one attached hydrogen (secondary N) is 1. The molecule has 3 heterocycles. The lowest BCUT2D eigenvalue weighted by atomic mass is 9.94. The molecule has 1 aromatic rings. The summed E-state index contributed by atoms with van der Waals surface area (Å²) in [7, 11) is 0. The Kier molecular flexibility index (Phi) is 3.94. The number of ether oxygens (including phenoxy) is 1. The highest BCUT2D eigenvalue weighted by Crippen LogP contribution is 2.21. The van der Waals surface area contributed by atoms with Crippen LogP contribution in [0.2, 0.25) is 0 Å². The average molecular weight is 267 g/mol. The summed E-state index contributed by atoms with van der Waals surface area (Å²) in [4.78, 5) is 7.07. The van der Waals surface area contributed by atoms with Gasteiger partial charge in [-0.05, 0) is 19.9 Å². The number of thiazole rings is 1. The van der Waals surface area contributed by atoms with E-state index in [2.05, 4.69) is 27.5 Å². The van der Waals surface area contributed by atoms with Crippen LogP contribution < -0.4 is 5.32 Å². The number of nitrogens with zero attached hydrogens (tertiary/aromatic N) is 2. The third-order valence-electron chi connectivity index (χ3n) is 3.85. The lowest BCUT2D eigenvalue weighted by Gasteiger charge is -2.31. The molecule has 0 aromatic carbocycles. The Balaban J connectivity index is 1.62. The van der Waals surface area contributed by atoms with Crippen molar-refractivity contribution < 1.29 is 4.74 Å². The van der Waals surface area contributed by atoms with Gasteiger partial charge in [0, 0.05) is 37.5 Å². The van der Waals surface area contributed by atoms with Gasteiger partial charge in [-0.3, -0.25) is 4.90 Å². The largest absolute Gasteiger partial charge is 0.375 e. The molecule has 0 unspecified atom stereocenters. The Morgan fingerprint density at radius 3 is 3.39 bits per heavy atom. The van der Waals surface area contributed by atoms with E-state index in [4.69, 9.17) is 4.74 Å². The molecule has 0 amide bonds. The second-order valence-electron chi connectivity index (χ2n) is 5.26. The lowest BCUT2D eigenvalue weighted by molar-refractivity contribution is 0.0179. The summed E-state index contributed by atoms with van der Waals surface area (Å²) in [6.45, 7) is 8.24. The molecule has 1 aromatic heterocycles. The second kappa shape index (κ2) is 5.65. The molecular weight excluding hydrogens is 246 g/mol. The molecule has 100 valence electrons. The molecule has 1 N–H and O–H groups in total. The van der Waals surface area contributed by atoms with Gasteiger partial charge in [0.2, 0.25) is 0 Å². The van der Waals surface area contributed by atoms with Gasteiger partial charge in [-0.25, -0.2) is 4.98 Å². The van der Waals surface area contributed by atoms with Crippen molar-refractivity contribution >= 4 is 11.3 Å². The first-order chi connectivity index (χ1) is 8.81. The summed E-state index contributed by atoms with van der Waals surface area (Å²) in [5, 5.41) is 6.77. The summed E-state index contributed by atoms with van der Waals surface area (Å²) < 4.78 is 5.96. The summed E-state index contributed by atoms with van der Waals surface area (Å²) in [5.74, 6) is 0.688. The Bertz CT molecular complexity index is 395. The molecule has 0 radical (unpaired) electrons. The molecule has 4 nitrogen and oxygen atoms in total. The van der Waals surface area contributed by atoms with Crippen molar-refractivity contribution in [3.8, 4) is 0 Å². The molecule has 2 saturated heterocycles. The smallest absolute Gasteiger partial charge is 0.0897 e. The van der Waals surface area contributed by atoms with Crippen molar-refractivity contribution in [2.45, 2.75) is 26.0 Å². The maximum Gasteiger partial charge on any atom is 0.0897 e. The first-order valence-electron chi connectivity index (χ1n) is 6.77. The van der Waals surface area contributed by atoms with Crippen molar-refractivity contribution in [3.63, 3.8) is 0 Å². The third kappa shape index (κ3) is 2.91. The van der Waals surface area contributed by atoms with Crippen molar-refractivity contribution in [1.82, 2.24) is 15.2 Å². The Morgan fingerprint density at radius 1 is 1.61 bits per heavy atom. The standard InChI is InChI=1S/C13H21N3OS/c1-10-15-12(9-18-10)8-16-4-5-17-13-6-14-3-2-11(13)7-16/h9,11,13-14H,2-8H2,1H3/t11-,13-/m1/s1. The molecule has 0 spiro atoms. The first kappa shape index (κ1) is 12.5. The summed E-state index contributed by atoms with van der Waals surface area (Å²) in [6.07, 6.45) is 1.65. The highest BCUT2D eigenvalue weighted by atomic mass is 32.1. The molecule has 2 aliphatic rings. The molecule has 2 aliphatic heterocycles. The van der Waals surface area contributed by atoms with E-state index in [9.17, 15) is 0 Å². The van der Waals surface area contributed by atoms with Crippen LogP contribution in [-0.4, -0.2) is 48.8 Å². The minimum absolute atomic E-state index is 0.418. The first-order valence-corrected chi connectivity index (χ1v) is 7.65. The van der Waals surface area contributed by atoms with E-state index in [1.165, 1.54) is 12.1 Å². The summed E-state index contributed by atoms with van der Waals surface area (Å²) in [5.41, 5.74) is 1.21. The molecule has 5 heteroatoms. The van der Waals surface area contributed by atoms with E-state index in [1.54, 1.807) is 11.3 Å². The monoisotopic (exact) mass is 267 g/mol. The molecule has 0 aliphatic carbocycles. The predicted molar refractivity (Wildman–Crippen MR) is 72.8 cm³/mol. The average Bonchev–Trinajstić information content (AvgIpc) is 2.66. The van der Waals surface area contributed by atoms with Gasteiger partial charge in [0.05, 0.1) is 23.4 Å². The van der Waals surface area contributed by atoms with Crippen molar-refractivity contribution in [1.29, 1.82) is 0 Å². The number of piperidine rings is 1. The van der Waals surface area contributed by atoms with Crippen LogP contribution in [0.4, 0.5) is 0 Å². The molecule has 0 saturated carbocycles. The van der Waals surface area contributed by atoms with Crippen LogP contribution in [0.1, 0.15) is 17.1 Å². The van der Waals surface area contributed by atoms with Gasteiger partial charge in [0.15, 0.2) is 0 Å². The van der Waals surface area contributed by atoms with Gasteiger partial charge < -0.3 is 10.1 Å². The zero-order valence-corrected chi connectivity index (χ0v) is 11.7. The number of aryl methyl sites for hydroxylation is 1. The van der Waals surface area contributed by atoms with E-state index in [0.717, 1.165) is 44.3 Å². The van der Waals surface area contributed by atoms with Crippen LogP contribution in [0, 0.1) is 12.8 Å². The van der Waals surface area contributed by atoms with Crippen LogP contribution in [0.5, 0.6) is 0 Å². The number of hydrogen-bond acceptors (Lipinski definition) is 5. The minimum atomic E-state index is 0.418. The minimum Gasteiger partial charge on any atom is -0.375 e. The van der Waals surface area contributed by atoms with Crippen molar-refractivity contribution in [2.24, 2.45) is 5.92 Å². The SMILES string of the molecule is Cc1nc(CN2CCO[C@@H]3CNCC[C@@H]3C2)cs1. The third-order valence-corrected chi connectivity index (χ3v) is 4.67. The summed E-state index contributed by atoms with van der Waals surface area (Å²) >= 11 is 1.74. The fourth-order valence-corrected chi connectivity index (χ4v) is 3.50. The van der Waals surface area contributed by atoms with Gasteiger partial charge in [-0.2, -0.15) is 0 Å². The highest BCUT2D eigenvalue weighted by Gasteiger charge is 2.30. The van der Waals surface area contributed by atoms with Gasteiger partial charge in [0.1, 0.15) is 0 Å². The fourth-order valence-electron chi connectivity index (χ4n) is 2.90. The van der Waals surface area contributed by atoms with Gasteiger partial charge in [-0.1, -0.05) is 0 Å². The Labute approximate surface area is 112 Å². The maximum absolute atomic E-state index is 5.96. The highest BCUT2D eigenvalue weighted by molar-refractivity contribution is 7.09.